The number of hydrogen-bond acceptors (Lipinski definition) is 5. The van der Waals surface area contributed by atoms with Crippen molar-refractivity contribution in [2.75, 3.05) is 13.7 Å². The van der Waals surface area contributed by atoms with Crippen molar-refractivity contribution in [3.8, 4) is 11.5 Å². The van der Waals surface area contributed by atoms with Gasteiger partial charge in [0, 0.05) is 6.92 Å². The van der Waals surface area contributed by atoms with Crippen molar-refractivity contribution in [2.24, 2.45) is 0 Å². The second-order valence-corrected chi connectivity index (χ2v) is 3.69. The fraction of sp³-hybridized carbons (Fsp3) is 0.250. The van der Waals surface area contributed by atoms with Crippen molar-refractivity contribution in [1.82, 2.24) is 10.9 Å². The van der Waals surface area contributed by atoms with Gasteiger partial charge in [-0.15, -0.1) is 0 Å². The molecule has 0 heterocycles. The summed E-state index contributed by atoms with van der Waals surface area (Å²) >= 11 is 0. The number of carbonyl (C=O) groups is 3. The molecule has 20 heavy (non-hydrogen) atoms. The highest BCUT2D eigenvalue weighted by Gasteiger charge is 2.11. The van der Waals surface area contributed by atoms with Gasteiger partial charge in [-0.25, -0.2) is 4.79 Å². The molecule has 0 fully saturated rings. The number of amides is 2. The van der Waals surface area contributed by atoms with Gasteiger partial charge in [0.2, 0.25) is 5.91 Å². The third kappa shape index (κ3) is 4.48. The van der Waals surface area contributed by atoms with E-state index in [4.69, 9.17) is 14.6 Å². The molecule has 0 aliphatic carbocycles. The molecule has 1 rings (SSSR count). The minimum absolute atomic E-state index is 0.0388. The van der Waals surface area contributed by atoms with Gasteiger partial charge in [0.1, 0.15) is 0 Å². The molecule has 1 aromatic carbocycles. The first kappa shape index (κ1) is 15.3. The number of carboxylic acids is 1. The SMILES string of the molecule is COc1cc(C(=O)O)ccc1OCC(=O)NNC(C)=O. The first-order chi connectivity index (χ1) is 9.43. The topological polar surface area (TPSA) is 114 Å². The van der Waals surface area contributed by atoms with E-state index in [0.29, 0.717) is 0 Å². The Morgan fingerprint density at radius 1 is 1.20 bits per heavy atom. The van der Waals surface area contributed by atoms with E-state index in [1.165, 1.54) is 32.2 Å². The molecule has 1 aromatic rings. The van der Waals surface area contributed by atoms with Gasteiger partial charge in [-0.05, 0) is 18.2 Å². The second kappa shape index (κ2) is 6.98. The van der Waals surface area contributed by atoms with E-state index in [1.54, 1.807) is 0 Å². The van der Waals surface area contributed by atoms with Crippen LogP contribution in [0.25, 0.3) is 0 Å². The predicted octanol–water partition coefficient (Wildman–Crippen LogP) is -0.0605. The third-order valence-corrected chi connectivity index (χ3v) is 2.15. The summed E-state index contributed by atoms with van der Waals surface area (Å²) in [5, 5.41) is 8.84. The van der Waals surface area contributed by atoms with Crippen LogP contribution in [0.3, 0.4) is 0 Å². The number of hydrogen-bond donors (Lipinski definition) is 3. The van der Waals surface area contributed by atoms with Crippen molar-refractivity contribution in [1.29, 1.82) is 0 Å². The van der Waals surface area contributed by atoms with E-state index in [2.05, 4.69) is 10.9 Å². The van der Waals surface area contributed by atoms with Crippen molar-refractivity contribution >= 4 is 17.8 Å². The summed E-state index contributed by atoms with van der Waals surface area (Å²) in [5.74, 6) is -1.67. The summed E-state index contributed by atoms with van der Waals surface area (Å²) in [6.07, 6.45) is 0. The average Bonchev–Trinajstić information content (AvgIpc) is 2.42. The Hall–Kier alpha value is -2.77. The van der Waals surface area contributed by atoms with Crippen LogP contribution < -0.4 is 20.3 Å². The van der Waals surface area contributed by atoms with Crippen molar-refractivity contribution in [3.05, 3.63) is 23.8 Å². The van der Waals surface area contributed by atoms with Crippen LogP contribution in [0, 0.1) is 0 Å². The van der Waals surface area contributed by atoms with Crippen molar-refractivity contribution in [2.45, 2.75) is 6.92 Å². The van der Waals surface area contributed by atoms with Gasteiger partial charge in [0.15, 0.2) is 18.1 Å². The summed E-state index contributed by atoms with van der Waals surface area (Å²) in [6, 6.07) is 3.99. The maximum absolute atomic E-state index is 11.3. The molecule has 0 saturated carbocycles. The summed E-state index contributed by atoms with van der Waals surface area (Å²) in [7, 11) is 1.35. The molecule has 8 heteroatoms. The molecular formula is C12H14N2O6. The van der Waals surface area contributed by atoms with Crippen LogP contribution in [0.2, 0.25) is 0 Å². The van der Waals surface area contributed by atoms with Gasteiger partial charge in [0.25, 0.3) is 5.91 Å². The minimum atomic E-state index is -1.10. The van der Waals surface area contributed by atoms with Gasteiger partial charge in [0.05, 0.1) is 12.7 Å². The number of methoxy groups -OCH3 is 1. The molecule has 0 aromatic heterocycles. The van der Waals surface area contributed by atoms with Crippen molar-refractivity contribution in [3.63, 3.8) is 0 Å². The lowest BCUT2D eigenvalue weighted by Crippen LogP contribution is -2.42. The van der Waals surface area contributed by atoms with E-state index < -0.39 is 17.8 Å². The lowest BCUT2D eigenvalue weighted by atomic mass is 10.2. The van der Waals surface area contributed by atoms with E-state index in [9.17, 15) is 14.4 Å². The quantitative estimate of drug-likeness (QED) is 0.652. The largest absolute Gasteiger partial charge is 0.493 e. The first-order valence-electron chi connectivity index (χ1n) is 5.53. The van der Waals surface area contributed by atoms with E-state index in [-0.39, 0.29) is 23.7 Å². The predicted molar refractivity (Wildman–Crippen MR) is 67.4 cm³/mol. The smallest absolute Gasteiger partial charge is 0.335 e. The van der Waals surface area contributed by atoms with Crippen LogP contribution in [-0.4, -0.2) is 36.6 Å². The molecule has 0 aliphatic rings. The van der Waals surface area contributed by atoms with Gasteiger partial charge in [-0.2, -0.15) is 0 Å². The Labute approximate surface area is 114 Å². The molecule has 8 nitrogen and oxygen atoms in total. The fourth-order valence-corrected chi connectivity index (χ4v) is 1.26. The van der Waals surface area contributed by atoms with Gasteiger partial charge < -0.3 is 14.6 Å². The van der Waals surface area contributed by atoms with Crippen LogP contribution in [0.4, 0.5) is 0 Å². The highest BCUT2D eigenvalue weighted by atomic mass is 16.5. The van der Waals surface area contributed by atoms with Crippen LogP contribution >= 0.6 is 0 Å². The summed E-state index contributed by atoms with van der Waals surface area (Å²) in [4.78, 5) is 32.7. The van der Waals surface area contributed by atoms with E-state index in [0.717, 1.165) is 0 Å². The standard InChI is InChI=1S/C12H14N2O6/c1-7(15)13-14-11(16)6-20-9-4-3-8(12(17)18)5-10(9)19-2/h3-5H,6H2,1-2H3,(H,13,15)(H,14,16)(H,17,18). The van der Waals surface area contributed by atoms with Crippen LogP contribution in [0.1, 0.15) is 17.3 Å². The summed E-state index contributed by atoms with van der Waals surface area (Å²) < 4.78 is 10.2. The first-order valence-corrected chi connectivity index (χ1v) is 5.53. The zero-order valence-corrected chi connectivity index (χ0v) is 10.9. The fourth-order valence-electron chi connectivity index (χ4n) is 1.26. The minimum Gasteiger partial charge on any atom is -0.493 e. The Balaban J connectivity index is 2.66. The molecule has 0 atom stereocenters. The van der Waals surface area contributed by atoms with Gasteiger partial charge >= 0.3 is 5.97 Å². The number of carbonyl (C=O) groups excluding carboxylic acids is 2. The molecule has 0 unspecified atom stereocenters. The number of carboxylic acid groups (broad SMARTS) is 1. The zero-order chi connectivity index (χ0) is 15.1. The Morgan fingerprint density at radius 2 is 1.90 bits per heavy atom. The number of benzene rings is 1. The molecule has 0 saturated heterocycles. The second-order valence-electron chi connectivity index (χ2n) is 3.69. The molecule has 0 aliphatic heterocycles. The lowest BCUT2D eigenvalue weighted by Gasteiger charge is -2.11. The summed E-state index contributed by atoms with van der Waals surface area (Å²) in [6.45, 7) is 0.887. The number of aromatic carboxylic acids is 1. The van der Waals surface area contributed by atoms with E-state index >= 15 is 0 Å². The molecule has 108 valence electrons. The van der Waals surface area contributed by atoms with E-state index in [1.807, 2.05) is 0 Å². The Kier molecular flexibility index (Phi) is 5.33. The number of rotatable bonds is 5. The monoisotopic (exact) mass is 282 g/mol. The molecular weight excluding hydrogens is 268 g/mol. The third-order valence-electron chi connectivity index (χ3n) is 2.15. The number of hydrazine groups is 1. The molecule has 2 amide bonds. The Morgan fingerprint density at radius 3 is 2.45 bits per heavy atom. The average molecular weight is 282 g/mol. The molecule has 0 spiro atoms. The highest BCUT2D eigenvalue weighted by Crippen LogP contribution is 2.27. The molecule has 3 N–H and O–H groups in total. The highest BCUT2D eigenvalue weighted by molar-refractivity contribution is 5.88. The molecule has 0 bridgehead atoms. The van der Waals surface area contributed by atoms with Gasteiger partial charge in [-0.1, -0.05) is 0 Å². The number of ether oxygens (including phenoxy) is 2. The zero-order valence-electron chi connectivity index (χ0n) is 10.9. The molecule has 0 radical (unpaired) electrons. The van der Waals surface area contributed by atoms with Gasteiger partial charge in [-0.3, -0.25) is 20.4 Å². The van der Waals surface area contributed by atoms with Crippen LogP contribution in [-0.2, 0) is 9.59 Å². The summed E-state index contributed by atoms with van der Waals surface area (Å²) in [5.41, 5.74) is 4.27. The van der Waals surface area contributed by atoms with Crippen molar-refractivity contribution < 1.29 is 29.0 Å². The lowest BCUT2D eigenvalue weighted by molar-refractivity contribution is -0.129. The van der Waals surface area contributed by atoms with Crippen LogP contribution in [0.15, 0.2) is 18.2 Å². The maximum atomic E-state index is 11.3. The maximum Gasteiger partial charge on any atom is 0.335 e. The van der Waals surface area contributed by atoms with Crippen LogP contribution in [0.5, 0.6) is 11.5 Å². The number of nitrogens with one attached hydrogen (secondary N) is 2. The normalized spacial score (nSPS) is 9.50. The Bertz CT molecular complexity index is 529.